The van der Waals surface area contributed by atoms with Crippen LogP contribution >= 0.6 is 0 Å². The zero-order valence-corrected chi connectivity index (χ0v) is 13.9. The summed E-state index contributed by atoms with van der Waals surface area (Å²) in [6.07, 6.45) is 3.28. The Hall–Kier alpha value is -0.870. The molecular formula is C16H32N4. The molecular weight excluding hydrogens is 248 g/mol. The van der Waals surface area contributed by atoms with E-state index in [9.17, 15) is 0 Å². The van der Waals surface area contributed by atoms with Crippen molar-refractivity contribution in [3.63, 3.8) is 0 Å². The van der Waals surface area contributed by atoms with Gasteiger partial charge in [-0.2, -0.15) is 5.10 Å². The molecule has 0 spiro atoms. The monoisotopic (exact) mass is 280 g/mol. The van der Waals surface area contributed by atoms with Gasteiger partial charge in [-0.15, -0.1) is 0 Å². The van der Waals surface area contributed by atoms with Crippen LogP contribution in [0.5, 0.6) is 0 Å². The molecule has 1 heterocycles. The van der Waals surface area contributed by atoms with Crippen molar-refractivity contribution in [2.45, 2.75) is 53.0 Å². The Balaban J connectivity index is 2.59. The summed E-state index contributed by atoms with van der Waals surface area (Å²) in [4.78, 5) is 2.49. The van der Waals surface area contributed by atoms with Gasteiger partial charge in [-0.25, -0.2) is 0 Å². The number of hydrogen-bond donors (Lipinski definition) is 1. The first-order valence-electron chi connectivity index (χ1n) is 8.11. The number of nitrogens with zero attached hydrogens (tertiary/aromatic N) is 3. The summed E-state index contributed by atoms with van der Waals surface area (Å²) in [5.41, 5.74) is 2.54. The number of likely N-dealkylation sites (N-methyl/N-ethyl adjacent to an activating group) is 1. The minimum absolute atomic E-state index is 0.542. The van der Waals surface area contributed by atoms with Crippen LogP contribution in [0.4, 0.5) is 0 Å². The molecule has 4 nitrogen and oxygen atoms in total. The first-order chi connectivity index (χ1) is 9.64. The van der Waals surface area contributed by atoms with E-state index in [4.69, 9.17) is 0 Å². The van der Waals surface area contributed by atoms with Gasteiger partial charge >= 0.3 is 0 Å². The van der Waals surface area contributed by atoms with Crippen molar-refractivity contribution >= 4 is 0 Å². The van der Waals surface area contributed by atoms with Crippen LogP contribution in [0.25, 0.3) is 0 Å². The van der Waals surface area contributed by atoms with Crippen molar-refractivity contribution < 1.29 is 0 Å². The zero-order valence-electron chi connectivity index (χ0n) is 13.9. The maximum absolute atomic E-state index is 4.55. The lowest BCUT2D eigenvalue weighted by Gasteiger charge is -2.23. The van der Waals surface area contributed by atoms with E-state index in [0.29, 0.717) is 6.04 Å². The lowest BCUT2D eigenvalue weighted by Crippen LogP contribution is -2.36. The molecule has 0 aliphatic carbocycles. The molecule has 0 bridgehead atoms. The fourth-order valence-corrected chi connectivity index (χ4v) is 2.63. The predicted molar refractivity (Wildman–Crippen MR) is 86.2 cm³/mol. The van der Waals surface area contributed by atoms with Gasteiger partial charge in [0.05, 0.1) is 5.69 Å². The fraction of sp³-hybridized carbons (Fsp3) is 0.812. The van der Waals surface area contributed by atoms with E-state index < -0.39 is 0 Å². The first-order valence-corrected chi connectivity index (χ1v) is 8.11. The standard InChI is InChI=1S/C16H32N4/c1-6-14-12-16(19(5)18-14)13-15(17-7-2)10-11-20(8-3)9-4/h12,15,17H,6-11,13H2,1-5H3. The smallest absolute Gasteiger partial charge is 0.0624 e. The second-order valence-corrected chi connectivity index (χ2v) is 5.38. The van der Waals surface area contributed by atoms with Gasteiger partial charge in [0.25, 0.3) is 0 Å². The highest BCUT2D eigenvalue weighted by molar-refractivity contribution is 5.11. The topological polar surface area (TPSA) is 33.1 Å². The van der Waals surface area contributed by atoms with Gasteiger partial charge in [-0.3, -0.25) is 4.68 Å². The third-order valence-electron chi connectivity index (χ3n) is 4.03. The molecule has 0 fully saturated rings. The average molecular weight is 280 g/mol. The number of aryl methyl sites for hydroxylation is 2. The Morgan fingerprint density at radius 3 is 2.45 bits per heavy atom. The molecule has 1 unspecified atom stereocenters. The van der Waals surface area contributed by atoms with E-state index in [-0.39, 0.29) is 0 Å². The minimum Gasteiger partial charge on any atom is -0.314 e. The molecule has 1 N–H and O–H groups in total. The van der Waals surface area contributed by atoms with Crippen LogP contribution in [0, 0.1) is 0 Å². The molecule has 0 radical (unpaired) electrons. The number of hydrogen-bond acceptors (Lipinski definition) is 3. The van der Waals surface area contributed by atoms with Gasteiger partial charge in [0.15, 0.2) is 0 Å². The van der Waals surface area contributed by atoms with E-state index in [1.807, 2.05) is 4.68 Å². The third kappa shape index (κ3) is 5.25. The summed E-state index contributed by atoms with van der Waals surface area (Å²) < 4.78 is 2.04. The number of aromatic nitrogens is 2. The Bertz CT molecular complexity index is 369. The quantitative estimate of drug-likeness (QED) is 0.713. The van der Waals surface area contributed by atoms with E-state index in [0.717, 1.165) is 32.5 Å². The Kier molecular flexibility index (Phi) is 7.85. The summed E-state index contributed by atoms with van der Waals surface area (Å²) in [6.45, 7) is 13.3. The molecule has 4 heteroatoms. The van der Waals surface area contributed by atoms with Crippen molar-refractivity contribution in [2.24, 2.45) is 7.05 Å². The molecule has 1 aromatic rings. The molecule has 1 atom stereocenters. The van der Waals surface area contributed by atoms with Crippen LogP contribution < -0.4 is 5.32 Å². The molecule has 1 rings (SSSR count). The van der Waals surface area contributed by atoms with E-state index in [2.05, 4.69) is 56.1 Å². The van der Waals surface area contributed by atoms with Gasteiger partial charge in [0, 0.05) is 25.2 Å². The summed E-state index contributed by atoms with van der Waals surface area (Å²) >= 11 is 0. The molecule has 1 aromatic heterocycles. The van der Waals surface area contributed by atoms with Crippen LogP contribution in [-0.2, 0) is 19.9 Å². The maximum atomic E-state index is 4.55. The molecule has 20 heavy (non-hydrogen) atoms. The largest absolute Gasteiger partial charge is 0.314 e. The van der Waals surface area contributed by atoms with Gasteiger partial charge in [-0.05, 0) is 45.1 Å². The highest BCUT2D eigenvalue weighted by Gasteiger charge is 2.13. The molecule has 0 saturated heterocycles. The molecule has 0 aromatic carbocycles. The van der Waals surface area contributed by atoms with Crippen LogP contribution in [0.2, 0.25) is 0 Å². The summed E-state index contributed by atoms with van der Waals surface area (Å²) in [7, 11) is 2.06. The summed E-state index contributed by atoms with van der Waals surface area (Å²) in [5, 5.41) is 8.17. The van der Waals surface area contributed by atoms with Crippen molar-refractivity contribution in [3.8, 4) is 0 Å². The average Bonchev–Trinajstić information content (AvgIpc) is 2.80. The van der Waals surface area contributed by atoms with Crippen LogP contribution in [0.1, 0.15) is 45.5 Å². The van der Waals surface area contributed by atoms with Crippen molar-refractivity contribution in [1.29, 1.82) is 0 Å². The highest BCUT2D eigenvalue weighted by Crippen LogP contribution is 2.09. The molecule has 116 valence electrons. The first kappa shape index (κ1) is 17.2. The minimum atomic E-state index is 0.542. The fourth-order valence-electron chi connectivity index (χ4n) is 2.63. The maximum Gasteiger partial charge on any atom is 0.0624 e. The van der Waals surface area contributed by atoms with E-state index in [1.54, 1.807) is 0 Å². The van der Waals surface area contributed by atoms with Gasteiger partial charge in [0.2, 0.25) is 0 Å². The van der Waals surface area contributed by atoms with Gasteiger partial charge in [-0.1, -0.05) is 27.7 Å². The third-order valence-corrected chi connectivity index (χ3v) is 4.03. The normalized spacial score (nSPS) is 13.1. The lowest BCUT2D eigenvalue weighted by atomic mass is 10.1. The second-order valence-electron chi connectivity index (χ2n) is 5.38. The van der Waals surface area contributed by atoms with Gasteiger partial charge < -0.3 is 10.2 Å². The Labute approximate surface area is 124 Å². The Morgan fingerprint density at radius 2 is 1.95 bits per heavy atom. The lowest BCUT2D eigenvalue weighted by molar-refractivity contribution is 0.280. The summed E-state index contributed by atoms with van der Waals surface area (Å²) in [6, 6.07) is 2.79. The molecule has 0 aliphatic heterocycles. The molecule has 0 saturated carbocycles. The van der Waals surface area contributed by atoms with Crippen molar-refractivity contribution in [2.75, 3.05) is 26.2 Å². The predicted octanol–water partition coefficient (Wildman–Crippen LogP) is 2.23. The molecule has 0 amide bonds. The highest BCUT2D eigenvalue weighted by atomic mass is 15.3. The molecule has 0 aliphatic rings. The zero-order chi connectivity index (χ0) is 15.0. The summed E-state index contributed by atoms with van der Waals surface area (Å²) in [5.74, 6) is 0. The number of nitrogens with one attached hydrogen (secondary N) is 1. The van der Waals surface area contributed by atoms with Crippen LogP contribution in [-0.4, -0.2) is 46.9 Å². The van der Waals surface area contributed by atoms with E-state index >= 15 is 0 Å². The van der Waals surface area contributed by atoms with Crippen molar-refractivity contribution in [1.82, 2.24) is 20.0 Å². The van der Waals surface area contributed by atoms with E-state index in [1.165, 1.54) is 24.4 Å². The van der Waals surface area contributed by atoms with Crippen LogP contribution in [0.3, 0.4) is 0 Å². The van der Waals surface area contributed by atoms with Crippen molar-refractivity contribution in [3.05, 3.63) is 17.5 Å². The SMILES string of the molecule is CCNC(CCN(CC)CC)Cc1cc(CC)nn1C. The number of rotatable bonds is 10. The Morgan fingerprint density at radius 1 is 1.25 bits per heavy atom. The second kappa shape index (κ2) is 9.14. The van der Waals surface area contributed by atoms with Gasteiger partial charge in [0.1, 0.15) is 0 Å². The van der Waals surface area contributed by atoms with Crippen LogP contribution in [0.15, 0.2) is 6.07 Å².